The predicted octanol–water partition coefficient (Wildman–Crippen LogP) is 4.50. The molecule has 31 heavy (non-hydrogen) atoms. The zero-order valence-electron chi connectivity index (χ0n) is 18.1. The fraction of sp³-hybridized carbons (Fsp3) is 0.375. The molecule has 0 amide bonds. The van der Waals surface area contributed by atoms with Crippen LogP contribution >= 0.6 is 0 Å². The SMILES string of the molecule is CCC(O/N=C(/OCC1CC1)c1ccccc1/C(=C\OC)C(=O)OC)c1ccccn1. The first-order valence-electron chi connectivity index (χ1n) is 10.4. The van der Waals surface area contributed by atoms with Crippen LogP contribution in [0.2, 0.25) is 0 Å². The first-order valence-corrected chi connectivity index (χ1v) is 10.4. The number of nitrogens with zero attached hydrogens (tertiary/aromatic N) is 2. The van der Waals surface area contributed by atoms with Crippen LogP contribution in [0.25, 0.3) is 5.57 Å². The average molecular weight is 424 g/mol. The molecule has 1 aliphatic rings. The molecule has 2 aromatic rings. The molecule has 1 saturated carbocycles. The third kappa shape index (κ3) is 6.07. The van der Waals surface area contributed by atoms with Crippen LogP contribution in [0.5, 0.6) is 0 Å². The first-order chi connectivity index (χ1) is 15.2. The summed E-state index contributed by atoms with van der Waals surface area (Å²) < 4.78 is 16.1. The Bertz CT molecular complexity index is 923. The second-order valence-corrected chi connectivity index (χ2v) is 7.21. The van der Waals surface area contributed by atoms with Gasteiger partial charge in [0.15, 0.2) is 6.10 Å². The Balaban J connectivity index is 1.95. The predicted molar refractivity (Wildman–Crippen MR) is 117 cm³/mol. The normalized spacial score (nSPS) is 15.2. The van der Waals surface area contributed by atoms with Gasteiger partial charge in [0.1, 0.15) is 5.57 Å². The maximum Gasteiger partial charge on any atom is 0.341 e. The van der Waals surface area contributed by atoms with E-state index in [9.17, 15) is 4.79 Å². The highest BCUT2D eigenvalue weighted by Crippen LogP contribution is 2.30. The summed E-state index contributed by atoms with van der Waals surface area (Å²) in [4.78, 5) is 22.6. The highest BCUT2D eigenvalue weighted by atomic mass is 16.7. The molecule has 0 N–H and O–H groups in total. The summed E-state index contributed by atoms with van der Waals surface area (Å²) in [6.45, 7) is 2.54. The lowest BCUT2D eigenvalue weighted by molar-refractivity contribution is -0.133. The van der Waals surface area contributed by atoms with Crippen molar-refractivity contribution in [1.82, 2.24) is 4.98 Å². The van der Waals surface area contributed by atoms with E-state index in [-0.39, 0.29) is 11.7 Å². The van der Waals surface area contributed by atoms with Crippen LogP contribution < -0.4 is 0 Å². The Kier molecular flexibility index (Phi) is 8.04. The largest absolute Gasteiger partial charge is 0.503 e. The number of aromatic nitrogens is 1. The summed E-state index contributed by atoms with van der Waals surface area (Å²) in [6.07, 6.45) is 5.73. The smallest absolute Gasteiger partial charge is 0.341 e. The standard InChI is InChI=1S/C24H28N2O5/c1-4-22(21-11-7-8-14-25-21)31-26-23(30-15-17-12-13-17)19-10-6-5-9-18(19)20(16-28-2)24(27)29-3/h5-11,14,16-17,22H,4,12-13,15H2,1-3H3/b20-16+,26-23+. The summed E-state index contributed by atoms with van der Waals surface area (Å²) in [5.41, 5.74) is 2.26. The number of hydrogen-bond donors (Lipinski definition) is 0. The van der Waals surface area contributed by atoms with Gasteiger partial charge < -0.3 is 19.0 Å². The van der Waals surface area contributed by atoms with Gasteiger partial charge in [-0.1, -0.05) is 31.2 Å². The van der Waals surface area contributed by atoms with Crippen molar-refractivity contribution in [3.8, 4) is 0 Å². The number of oxime groups is 1. The lowest BCUT2D eigenvalue weighted by atomic mass is 10.0. The van der Waals surface area contributed by atoms with Gasteiger partial charge in [0, 0.05) is 17.3 Å². The van der Waals surface area contributed by atoms with E-state index < -0.39 is 5.97 Å². The molecule has 3 rings (SSSR count). The fourth-order valence-electron chi connectivity index (χ4n) is 3.00. The van der Waals surface area contributed by atoms with Crippen molar-refractivity contribution in [3.05, 3.63) is 71.7 Å². The molecule has 0 bridgehead atoms. The van der Waals surface area contributed by atoms with Gasteiger partial charge in [-0.25, -0.2) is 4.79 Å². The zero-order valence-corrected chi connectivity index (χ0v) is 18.1. The Labute approximate surface area is 182 Å². The molecule has 1 aromatic heterocycles. The second-order valence-electron chi connectivity index (χ2n) is 7.21. The van der Waals surface area contributed by atoms with E-state index in [1.165, 1.54) is 20.5 Å². The molecule has 0 radical (unpaired) electrons. The fourth-order valence-corrected chi connectivity index (χ4v) is 3.00. The van der Waals surface area contributed by atoms with Crippen LogP contribution in [0.3, 0.4) is 0 Å². The van der Waals surface area contributed by atoms with Crippen LogP contribution in [0.15, 0.2) is 60.1 Å². The number of hydrogen-bond acceptors (Lipinski definition) is 7. The van der Waals surface area contributed by atoms with Gasteiger partial charge in [-0.05, 0) is 48.5 Å². The molecule has 1 unspecified atom stereocenters. The van der Waals surface area contributed by atoms with E-state index in [1.807, 2.05) is 43.3 Å². The molecule has 1 atom stereocenters. The van der Waals surface area contributed by atoms with Gasteiger partial charge >= 0.3 is 5.97 Å². The van der Waals surface area contributed by atoms with Gasteiger partial charge in [0.05, 0.1) is 32.8 Å². The highest BCUT2D eigenvalue weighted by Gasteiger charge is 2.26. The minimum Gasteiger partial charge on any atom is -0.503 e. The molecule has 1 aromatic carbocycles. The molecule has 1 aliphatic carbocycles. The molecule has 0 spiro atoms. The van der Waals surface area contributed by atoms with Crippen molar-refractivity contribution in [2.75, 3.05) is 20.8 Å². The highest BCUT2D eigenvalue weighted by molar-refractivity contribution is 6.19. The summed E-state index contributed by atoms with van der Waals surface area (Å²) >= 11 is 0. The number of carbonyl (C=O) groups is 1. The van der Waals surface area contributed by atoms with E-state index in [0.717, 1.165) is 18.5 Å². The van der Waals surface area contributed by atoms with Crippen LogP contribution in [-0.4, -0.2) is 37.7 Å². The Hall–Kier alpha value is -3.35. The second kappa shape index (κ2) is 11.2. The van der Waals surface area contributed by atoms with Crippen molar-refractivity contribution in [1.29, 1.82) is 0 Å². The number of pyridine rings is 1. The summed E-state index contributed by atoms with van der Waals surface area (Å²) in [7, 11) is 2.81. The van der Waals surface area contributed by atoms with Gasteiger partial charge in [-0.2, -0.15) is 0 Å². The van der Waals surface area contributed by atoms with E-state index in [1.54, 1.807) is 12.3 Å². The minimum absolute atomic E-state index is 0.264. The van der Waals surface area contributed by atoms with Crippen molar-refractivity contribution >= 4 is 17.4 Å². The molecule has 1 fully saturated rings. The summed E-state index contributed by atoms with van der Waals surface area (Å²) in [5, 5.41) is 4.36. The van der Waals surface area contributed by atoms with Crippen molar-refractivity contribution < 1.29 is 23.8 Å². The molecule has 0 aliphatic heterocycles. The third-order valence-electron chi connectivity index (χ3n) is 4.89. The number of benzene rings is 1. The first kappa shape index (κ1) is 22.3. The Morgan fingerprint density at radius 2 is 1.90 bits per heavy atom. The lowest BCUT2D eigenvalue weighted by Gasteiger charge is -2.16. The summed E-state index contributed by atoms with van der Waals surface area (Å²) in [5.74, 6) is 0.309. The average Bonchev–Trinajstić information content (AvgIpc) is 3.65. The lowest BCUT2D eigenvalue weighted by Crippen LogP contribution is -2.15. The van der Waals surface area contributed by atoms with Crippen molar-refractivity contribution in [2.45, 2.75) is 32.3 Å². The number of rotatable bonds is 10. The number of ether oxygens (including phenoxy) is 3. The van der Waals surface area contributed by atoms with E-state index in [0.29, 0.717) is 36.0 Å². The van der Waals surface area contributed by atoms with Crippen LogP contribution in [0.4, 0.5) is 0 Å². The molecule has 7 heteroatoms. The maximum absolute atomic E-state index is 12.4. The Morgan fingerprint density at radius 1 is 1.16 bits per heavy atom. The molecule has 7 nitrogen and oxygen atoms in total. The number of methoxy groups -OCH3 is 2. The van der Waals surface area contributed by atoms with E-state index in [2.05, 4.69) is 10.1 Å². The monoisotopic (exact) mass is 424 g/mol. The van der Waals surface area contributed by atoms with Gasteiger partial charge in [0.25, 0.3) is 5.90 Å². The van der Waals surface area contributed by atoms with E-state index in [4.69, 9.17) is 19.0 Å². The van der Waals surface area contributed by atoms with Gasteiger partial charge in [0.2, 0.25) is 0 Å². The molecule has 1 heterocycles. The van der Waals surface area contributed by atoms with Gasteiger partial charge in [-0.15, -0.1) is 0 Å². The topological polar surface area (TPSA) is 79.2 Å². The van der Waals surface area contributed by atoms with Crippen LogP contribution in [-0.2, 0) is 23.8 Å². The van der Waals surface area contributed by atoms with Crippen LogP contribution in [0, 0.1) is 5.92 Å². The van der Waals surface area contributed by atoms with Crippen molar-refractivity contribution in [3.63, 3.8) is 0 Å². The molecular weight excluding hydrogens is 396 g/mol. The molecule has 164 valence electrons. The van der Waals surface area contributed by atoms with Crippen LogP contribution in [0.1, 0.15) is 49.1 Å². The maximum atomic E-state index is 12.4. The molecular formula is C24H28N2O5. The minimum atomic E-state index is -0.517. The third-order valence-corrected chi connectivity index (χ3v) is 4.89. The summed E-state index contributed by atoms with van der Waals surface area (Å²) in [6, 6.07) is 13.0. The molecule has 0 saturated heterocycles. The van der Waals surface area contributed by atoms with Gasteiger partial charge in [-0.3, -0.25) is 4.98 Å². The Morgan fingerprint density at radius 3 is 2.52 bits per heavy atom. The van der Waals surface area contributed by atoms with E-state index >= 15 is 0 Å². The van der Waals surface area contributed by atoms with Crippen molar-refractivity contribution in [2.24, 2.45) is 11.1 Å². The number of esters is 1. The zero-order chi connectivity index (χ0) is 22.1. The number of carbonyl (C=O) groups excluding carboxylic acids is 1. The quantitative estimate of drug-likeness (QED) is 0.140.